The molecule has 2 bridgehead atoms. The van der Waals surface area contributed by atoms with Crippen LogP contribution in [0.5, 0.6) is 0 Å². The van der Waals surface area contributed by atoms with Crippen LogP contribution in [0, 0.1) is 5.92 Å². The molecule has 3 amide bonds. The number of likely N-dealkylation sites (tertiary alicyclic amines) is 1. The fourth-order valence-corrected chi connectivity index (χ4v) is 4.66. The molecule has 2 N–H and O–H groups in total. The molecule has 2 aliphatic heterocycles. The number of fused-ring (bicyclic) bond motifs is 4. The second-order valence-corrected chi connectivity index (χ2v) is 8.26. The minimum Gasteiger partial charge on any atom is -0.336 e. The van der Waals surface area contributed by atoms with Gasteiger partial charge in [-0.25, -0.2) is 4.79 Å². The molecule has 2 aliphatic rings. The lowest BCUT2D eigenvalue weighted by molar-refractivity contribution is 0.0589. The van der Waals surface area contributed by atoms with E-state index >= 15 is 0 Å². The first kappa shape index (κ1) is 20.0. The topological polar surface area (TPSA) is 96.3 Å². The van der Waals surface area contributed by atoms with Crippen LogP contribution in [0.15, 0.2) is 71.7 Å². The molecule has 0 aliphatic carbocycles. The average molecular weight is 429 g/mol. The number of rotatable bonds is 3. The van der Waals surface area contributed by atoms with Gasteiger partial charge in [0.25, 0.3) is 11.5 Å². The van der Waals surface area contributed by atoms with Gasteiger partial charge < -0.3 is 20.1 Å². The van der Waals surface area contributed by atoms with Crippen molar-refractivity contribution in [2.45, 2.75) is 18.9 Å². The quantitative estimate of drug-likeness (QED) is 0.669. The summed E-state index contributed by atoms with van der Waals surface area (Å²) in [4.78, 5) is 44.3. The number of nitrogens with zero attached hydrogens (tertiary/aromatic N) is 3. The Bertz CT molecular complexity index is 1210. The van der Waals surface area contributed by atoms with E-state index in [-0.39, 0.29) is 29.0 Å². The molecular formula is C24H23N5O3. The number of aromatic nitrogens is 2. The van der Waals surface area contributed by atoms with E-state index < -0.39 is 6.03 Å². The third-order valence-electron chi connectivity index (χ3n) is 6.06. The lowest BCUT2D eigenvalue weighted by atomic mass is 9.83. The highest BCUT2D eigenvalue weighted by Gasteiger charge is 2.37. The predicted octanol–water partition coefficient (Wildman–Crippen LogP) is 3.15. The highest BCUT2D eigenvalue weighted by atomic mass is 16.2. The fraction of sp³-hybridized carbons (Fsp3) is 0.250. The van der Waals surface area contributed by atoms with Crippen LogP contribution in [0.1, 0.15) is 28.5 Å². The van der Waals surface area contributed by atoms with Crippen LogP contribution in [-0.4, -0.2) is 39.5 Å². The van der Waals surface area contributed by atoms with Crippen molar-refractivity contribution >= 4 is 23.3 Å². The number of pyridine rings is 2. The summed E-state index contributed by atoms with van der Waals surface area (Å²) in [5.41, 5.74) is 2.01. The first-order valence-electron chi connectivity index (χ1n) is 10.7. The van der Waals surface area contributed by atoms with Gasteiger partial charge in [0.2, 0.25) is 0 Å². The molecule has 2 atom stereocenters. The number of nitrogens with one attached hydrogen (secondary N) is 2. The summed E-state index contributed by atoms with van der Waals surface area (Å²) in [6.45, 7) is 1.66. The van der Waals surface area contributed by atoms with Gasteiger partial charge in [0.05, 0.1) is 0 Å². The van der Waals surface area contributed by atoms with E-state index in [1.165, 1.54) is 0 Å². The predicted molar refractivity (Wildman–Crippen MR) is 121 cm³/mol. The zero-order chi connectivity index (χ0) is 22.1. The van der Waals surface area contributed by atoms with Crippen LogP contribution in [0.2, 0.25) is 0 Å². The second kappa shape index (κ2) is 8.30. The van der Waals surface area contributed by atoms with Crippen molar-refractivity contribution in [2.24, 2.45) is 5.92 Å². The molecule has 1 fully saturated rings. The summed E-state index contributed by atoms with van der Waals surface area (Å²) in [6, 6.07) is 17.5. The van der Waals surface area contributed by atoms with Gasteiger partial charge in [-0.1, -0.05) is 24.3 Å². The number of carbonyl (C=O) groups excluding carboxylic acids is 2. The largest absolute Gasteiger partial charge is 0.336 e. The highest BCUT2D eigenvalue weighted by Crippen LogP contribution is 2.35. The van der Waals surface area contributed by atoms with Crippen LogP contribution in [0.25, 0.3) is 0 Å². The first-order valence-corrected chi connectivity index (χ1v) is 10.7. The van der Waals surface area contributed by atoms with E-state index in [0.29, 0.717) is 31.0 Å². The van der Waals surface area contributed by atoms with Crippen LogP contribution in [0.3, 0.4) is 0 Å². The molecule has 1 aromatic carbocycles. The average Bonchev–Trinajstić information content (AvgIpc) is 2.82. The Labute approximate surface area is 184 Å². The molecule has 5 rings (SSSR count). The van der Waals surface area contributed by atoms with Gasteiger partial charge in [-0.05, 0) is 48.7 Å². The molecule has 162 valence electrons. The van der Waals surface area contributed by atoms with Crippen LogP contribution in [0.4, 0.5) is 16.2 Å². The molecule has 8 nitrogen and oxygen atoms in total. The maximum Gasteiger partial charge on any atom is 0.323 e. The number of amides is 3. The Kier molecular flexibility index (Phi) is 5.18. The smallest absolute Gasteiger partial charge is 0.323 e. The fourth-order valence-electron chi connectivity index (χ4n) is 4.66. The summed E-state index contributed by atoms with van der Waals surface area (Å²) < 4.78 is 1.75. The number of para-hydroxylation sites is 1. The molecule has 32 heavy (non-hydrogen) atoms. The number of piperidine rings is 1. The van der Waals surface area contributed by atoms with Gasteiger partial charge in [0, 0.05) is 43.1 Å². The van der Waals surface area contributed by atoms with E-state index in [2.05, 4.69) is 15.6 Å². The Morgan fingerprint density at radius 3 is 2.50 bits per heavy atom. The van der Waals surface area contributed by atoms with Crippen molar-refractivity contribution in [2.75, 3.05) is 23.7 Å². The van der Waals surface area contributed by atoms with Gasteiger partial charge in [-0.15, -0.1) is 0 Å². The molecule has 0 unspecified atom stereocenters. The monoisotopic (exact) mass is 429 g/mol. The Morgan fingerprint density at radius 1 is 0.906 bits per heavy atom. The molecule has 8 heteroatoms. The van der Waals surface area contributed by atoms with E-state index in [4.69, 9.17) is 0 Å². The Morgan fingerprint density at radius 2 is 1.72 bits per heavy atom. The Hall–Kier alpha value is -3.94. The van der Waals surface area contributed by atoms with Crippen molar-refractivity contribution in [3.8, 4) is 0 Å². The second-order valence-electron chi connectivity index (χ2n) is 8.26. The summed E-state index contributed by atoms with van der Waals surface area (Å²) in [6.07, 6.45) is 2.56. The number of benzene rings is 1. The molecule has 0 saturated carbocycles. The molecule has 0 spiro atoms. The van der Waals surface area contributed by atoms with E-state index in [1.54, 1.807) is 41.1 Å². The van der Waals surface area contributed by atoms with Crippen LogP contribution in [-0.2, 0) is 6.54 Å². The van der Waals surface area contributed by atoms with Crippen molar-refractivity contribution in [3.63, 3.8) is 0 Å². The zero-order valence-electron chi connectivity index (χ0n) is 17.4. The summed E-state index contributed by atoms with van der Waals surface area (Å²) >= 11 is 0. The maximum absolute atomic E-state index is 13.1. The Balaban J connectivity index is 1.34. The number of hydrogen-bond acceptors (Lipinski definition) is 4. The minimum atomic E-state index is -0.461. The third kappa shape index (κ3) is 3.87. The van der Waals surface area contributed by atoms with Gasteiger partial charge >= 0.3 is 6.03 Å². The number of carbonyl (C=O) groups is 2. The third-order valence-corrected chi connectivity index (χ3v) is 6.06. The molecule has 0 radical (unpaired) electrons. The number of hydrogen-bond donors (Lipinski definition) is 2. The molecule has 4 heterocycles. The maximum atomic E-state index is 13.1. The van der Waals surface area contributed by atoms with Crippen LogP contribution < -0.4 is 16.2 Å². The van der Waals surface area contributed by atoms with Crippen molar-refractivity contribution < 1.29 is 9.59 Å². The lowest BCUT2D eigenvalue weighted by Crippen LogP contribution is -2.49. The minimum absolute atomic E-state index is 0.0769. The van der Waals surface area contributed by atoms with E-state index in [1.807, 2.05) is 35.2 Å². The normalized spacial score (nSPS) is 19.1. The molecule has 1 saturated heterocycles. The summed E-state index contributed by atoms with van der Waals surface area (Å²) in [5.74, 6) is 0.182. The van der Waals surface area contributed by atoms with E-state index in [0.717, 1.165) is 12.1 Å². The molecule has 2 aromatic heterocycles. The number of anilines is 2. The zero-order valence-corrected chi connectivity index (χ0v) is 17.4. The number of urea groups is 1. The first-order chi connectivity index (χ1) is 15.6. The van der Waals surface area contributed by atoms with Gasteiger partial charge in [-0.2, -0.15) is 0 Å². The van der Waals surface area contributed by atoms with Gasteiger partial charge in [-0.3, -0.25) is 14.6 Å². The van der Waals surface area contributed by atoms with Crippen molar-refractivity contribution in [1.29, 1.82) is 0 Å². The highest BCUT2D eigenvalue weighted by molar-refractivity contribution is 5.99. The lowest BCUT2D eigenvalue weighted by Gasteiger charge is -2.42. The van der Waals surface area contributed by atoms with E-state index in [9.17, 15) is 14.4 Å². The van der Waals surface area contributed by atoms with Gasteiger partial charge in [0.1, 0.15) is 11.4 Å². The standard InChI is InChI=1S/C24H23N5O3/c30-22(19-8-4-5-11-25-19)28-13-16-12-17(15-28)21-10-9-20(23(31)29(21)14-16)27-24(32)26-18-6-2-1-3-7-18/h1-11,16-17H,12-15H2,(H2,26,27,32)/t16-,17+/m0/s1. The van der Waals surface area contributed by atoms with Crippen molar-refractivity contribution in [3.05, 3.63) is 88.6 Å². The van der Waals surface area contributed by atoms with Crippen molar-refractivity contribution in [1.82, 2.24) is 14.5 Å². The summed E-state index contributed by atoms with van der Waals surface area (Å²) in [7, 11) is 0. The van der Waals surface area contributed by atoms with Crippen LogP contribution >= 0.6 is 0 Å². The summed E-state index contributed by atoms with van der Waals surface area (Å²) in [5, 5.41) is 5.39. The molecular weight excluding hydrogens is 406 g/mol. The molecule has 3 aromatic rings. The SMILES string of the molecule is O=C(Nc1ccccc1)Nc1ccc2n(c1=O)C[C@H]1C[C@@H]2CN(C(=O)c2ccccn2)C1. The van der Waals surface area contributed by atoms with Gasteiger partial charge in [0.15, 0.2) is 0 Å².